The Labute approximate surface area is 335 Å². The number of fused-ring (bicyclic) bond motifs is 4. The van der Waals surface area contributed by atoms with Gasteiger partial charge in [-0.15, -0.1) is 0 Å². The molecule has 0 fully saturated rings. The van der Waals surface area contributed by atoms with E-state index < -0.39 is 21.4 Å². The molecule has 0 saturated carbocycles. The van der Waals surface area contributed by atoms with Gasteiger partial charge >= 0.3 is 15.6 Å². The van der Waals surface area contributed by atoms with Crippen LogP contribution in [0, 0.1) is 0 Å². The monoisotopic (exact) mass is 787 g/mol. The molecule has 0 saturated heterocycles. The Kier molecular flexibility index (Phi) is 8.97. The Morgan fingerprint density at radius 1 is 0.466 bits per heavy atom. The van der Waals surface area contributed by atoms with E-state index in [9.17, 15) is 21.6 Å². The molecule has 0 heterocycles. The fourth-order valence-corrected chi connectivity index (χ4v) is 8.43. The van der Waals surface area contributed by atoms with Crippen molar-refractivity contribution in [2.45, 2.75) is 24.8 Å². The Morgan fingerprint density at radius 2 is 0.914 bits per heavy atom. The summed E-state index contributed by atoms with van der Waals surface area (Å²) in [6, 6.07) is 60.6. The summed E-state index contributed by atoms with van der Waals surface area (Å²) >= 11 is 0. The molecule has 0 N–H and O–H groups in total. The molecule has 1 aliphatic rings. The van der Waals surface area contributed by atoms with Crippen molar-refractivity contribution in [2.24, 2.45) is 0 Å². The van der Waals surface area contributed by atoms with Gasteiger partial charge in [0.05, 0.1) is 0 Å². The van der Waals surface area contributed by atoms with Gasteiger partial charge in [0.2, 0.25) is 0 Å². The number of hydrogen-bond acceptors (Lipinski definition) is 4. The summed E-state index contributed by atoms with van der Waals surface area (Å²) in [5, 5.41) is 2.43. The number of rotatable bonds is 8. The van der Waals surface area contributed by atoms with Crippen molar-refractivity contribution in [3.05, 3.63) is 193 Å². The minimum absolute atomic E-state index is 0.282. The summed E-state index contributed by atoms with van der Waals surface area (Å²) < 4.78 is 65.9. The lowest BCUT2D eigenvalue weighted by atomic mass is 9.81. The van der Waals surface area contributed by atoms with Gasteiger partial charge in [-0.2, -0.15) is 21.6 Å². The first-order chi connectivity index (χ1) is 27.9. The van der Waals surface area contributed by atoms with E-state index in [0.29, 0.717) is 5.56 Å². The summed E-state index contributed by atoms with van der Waals surface area (Å²) in [7, 11) is -5.77. The van der Waals surface area contributed by atoms with Gasteiger partial charge in [0, 0.05) is 22.5 Å². The lowest BCUT2D eigenvalue weighted by Crippen LogP contribution is -2.28. The normalized spacial score (nSPS) is 13.2. The number of halogens is 3. The van der Waals surface area contributed by atoms with Gasteiger partial charge in [0.25, 0.3) is 0 Å². The van der Waals surface area contributed by atoms with E-state index >= 15 is 0 Å². The van der Waals surface area contributed by atoms with Crippen molar-refractivity contribution in [3.8, 4) is 50.3 Å². The molecule has 0 unspecified atom stereocenters. The Bertz CT molecular complexity index is 2930. The largest absolute Gasteiger partial charge is 0.534 e. The zero-order chi connectivity index (χ0) is 40.2. The Hall–Kier alpha value is -6.64. The van der Waals surface area contributed by atoms with Crippen LogP contribution >= 0.6 is 0 Å². The minimum Gasteiger partial charge on any atom is -0.376 e. The highest BCUT2D eigenvalue weighted by Gasteiger charge is 2.48. The average Bonchev–Trinajstić information content (AvgIpc) is 3.46. The molecular weight excluding hydrogens is 752 g/mol. The van der Waals surface area contributed by atoms with Gasteiger partial charge in [-0.25, -0.2) is 0 Å². The summed E-state index contributed by atoms with van der Waals surface area (Å²) in [5.41, 5.74) is 8.06. The fraction of sp³-hybridized carbons (Fsp3) is 0.0800. The molecule has 8 aromatic carbocycles. The zero-order valence-corrected chi connectivity index (χ0v) is 32.4. The molecule has 0 aromatic heterocycles. The predicted molar refractivity (Wildman–Crippen MR) is 228 cm³/mol. The van der Waals surface area contributed by atoms with E-state index in [4.69, 9.17) is 0 Å². The third-order valence-electron chi connectivity index (χ3n) is 11.0. The molecule has 1 aliphatic carbocycles. The number of hydrogen-bond donors (Lipinski definition) is 0. The van der Waals surface area contributed by atoms with Crippen LogP contribution < -0.4 is 9.08 Å². The van der Waals surface area contributed by atoms with Gasteiger partial charge < -0.3 is 9.08 Å². The summed E-state index contributed by atoms with van der Waals surface area (Å²) in [4.78, 5) is 2.22. The first-order valence-electron chi connectivity index (χ1n) is 18.8. The predicted octanol–water partition coefficient (Wildman–Crippen LogP) is 13.8. The molecule has 58 heavy (non-hydrogen) atoms. The van der Waals surface area contributed by atoms with E-state index in [1.807, 2.05) is 42.5 Å². The molecule has 0 atom stereocenters. The van der Waals surface area contributed by atoms with Crippen LogP contribution in [0.4, 0.5) is 30.2 Å². The molecular formula is C50H36F3NO3S. The smallest absolute Gasteiger partial charge is 0.376 e. The number of anilines is 3. The first kappa shape index (κ1) is 37.0. The third-order valence-corrected chi connectivity index (χ3v) is 12.0. The molecule has 0 radical (unpaired) electrons. The second-order valence-corrected chi connectivity index (χ2v) is 16.5. The molecule has 8 heteroatoms. The van der Waals surface area contributed by atoms with Crippen LogP contribution in [0.5, 0.6) is 5.75 Å². The molecule has 8 aromatic rings. The quantitative estimate of drug-likeness (QED) is 0.114. The van der Waals surface area contributed by atoms with Crippen molar-refractivity contribution in [1.29, 1.82) is 0 Å². The Balaban J connectivity index is 1.07. The average molecular weight is 788 g/mol. The first-order valence-corrected chi connectivity index (χ1v) is 20.2. The topological polar surface area (TPSA) is 46.6 Å². The van der Waals surface area contributed by atoms with Gasteiger partial charge in [-0.3, -0.25) is 0 Å². The maximum atomic E-state index is 12.9. The van der Waals surface area contributed by atoms with Crippen LogP contribution in [0.25, 0.3) is 55.3 Å². The molecule has 286 valence electrons. The van der Waals surface area contributed by atoms with E-state index in [2.05, 4.69) is 138 Å². The summed E-state index contributed by atoms with van der Waals surface area (Å²) in [5.74, 6) is -0.422. The molecule has 0 bridgehead atoms. The van der Waals surface area contributed by atoms with Crippen molar-refractivity contribution >= 4 is 38.0 Å². The lowest BCUT2D eigenvalue weighted by molar-refractivity contribution is -0.0500. The summed E-state index contributed by atoms with van der Waals surface area (Å²) in [6.07, 6.45) is 0. The van der Waals surface area contributed by atoms with E-state index in [-0.39, 0.29) is 5.41 Å². The summed E-state index contributed by atoms with van der Waals surface area (Å²) in [6.45, 7) is 4.57. The van der Waals surface area contributed by atoms with Crippen molar-refractivity contribution in [2.75, 3.05) is 4.90 Å². The maximum Gasteiger partial charge on any atom is 0.534 e. The second-order valence-electron chi connectivity index (χ2n) is 15.0. The van der Waals surface area contributed by atoms with Gasteiger partial charge in [0.15, 0.2) is 0 Å². The number of nitrogens with zero attached hydrogens (tertiary/aromatic N) is 1. The van der Waals surface area contributed by atoms with Crippen LogP contribution in [0.3, 0.4) is 0 Å². The SMILES string of the molecule is CC1(C)c2cc(-c3ccc4ccccc4c3)ccc2-c2ccc(N(c3ccc(-c4ccccc4)cc3)c3ccc(-c4ccc(OS(=O)(=O)C(F)(F)F)cc4)cc3)cc21. The molecule has 0 amide bonds. The standard InChI is InChI=1S/C50H36F3NO3S/c1-49(2)47-31-40(39-13-12-34-10-6-7-11-38(34)30-39)20-28-45(47)46-29-25-43(32-48(46)49)54(41-21-14-35(15-22-41)33-8-4-3-5-9-33)42-23-16-36(17-24-42)37-18-26-44(27-19-37)57-58(55,56)50(51,52)53/h3-32H,1-2H3. The third kappa shape index (κ3) is 6.69. The van der Waals surface area contributed by atoms with Gasteiger partial charge in [-0.1, -0.05) is 135 Å². The maximum absolute atomic E-state index is 12.9. The Morgan fingerprint density at radius 3 is 1.52 bits per heavy atom. The van der Waals surface area contributed by atoms with Gasteiger partial charge in [0.1, 0.15) is 5.75 Å². The number of benzene rings is 8. The van der Waals surface area contributed by atoms with Crippen LogP contribution in [0.1, 0.15) is 25.0 Å². The zero-order valence-electron chi connectivity index (χ0n) is 31.5. The molecule has 0 spiro atoms. The molecule has 4 nitrogen and oxygen atoms in total. The van der Waals surface area contributed by atoms with Crippen molar-refractivity contribution in [1.82, 2.24) is 0 Å². The highest BCUT2D eigenvalue weighted by Crippen LogP contribution is 2.52. The van der Waals surface area contributed by atoms with Crippen LogP contribution in [0.2, 0.25) is 0 Å². The minimum atomic E-state index is -5.77. The van der Waals surface area contributed by atoms with Crippen LogP contribution in [0.15, 0.2) is 182 Å². The van der Waals surface area contributed by atoms with Crippen LogP contribution in [-0.2, 0) is 15.5 Å². The van der Waals surface area contributed by atoms with E-state index in [0.717, 1.165) is 33.8 Å². The highest BCUT2D eigenvalue weighted by molar-refractivity contribution is 7.88. The second kappa shape index (κ2) is 14.1. The van der Waals surface area contributed by atoms with Crippen molar-refractivity contribution in [3.63, 3.8) is 0 Å². The van der Waals surface area contributed by atoms with E-state index in [1.165, 1.54) is 68.4 Å². The fourth-order valence-electron chi connectivity index (χ4n) is 7.97. The van der Waals surface area contributed by atoms with Crippen LogP contribution in [-0.4, -0.2) is 13.9 Å². The molecule has 0 aliphatic heterocycles. The lowest BCUT2D eigenvalue weighted by Gasteiger charge is -2.28. The van der Waals surface area contributed by atoms with Crippen molar-refractivity contribution < 1.29 is 25.8 Å². The highest BCUT2D eigenvalue weighted by atomic mass is 32.2. The molecule has 9 rings (SSSR count). The number of alkyl halides is 3. The van der Waals surface area contributed by atoms with E-state index in [1.54, 1.807) is 0 Å². The van der Waals surface area contributed by atoms with Gasteiger partial charge in [-0.05, 0) is 127 Å².